The molecule has 1 amide bonds. The summed E-state index contributed by atoms with van der Waals surface area (Å²) in [6.45, 7) is 3.43. The summed E-state index contributed by atoms with van der Waals surface area (Å²) in [7, 11) is -3.26. The number of likely N-dealkylation sites (tertiary alicyclic amines) is 1. The van der Waals surface area contributed by atoms with Crippen LogP contribution in [0.3, 0.4) is 0 Å². The summed E-state index contributed by atoms with van der Waals surface area (Å²) in [4.78, 5) is 14.5. The molecule has 116 valence electrons. The van der Waals surface area contributed by atoms with Crippen molar-refractivity contribution in [2.75, 3.05) is 24.7 Å². The molecule has 1 aromatic carbocycles. The van der Waals surface area contributed by atoms with E-state index in [0.29, 0.717) is 18.3 Å². The van der Waals surface area contributed by atoms with E-state index in [1.165, 1.54) is 18.6 Å². The van der Waals surface area contributed by atoms with Crippen LogP contribution in [0.1, 0.15) is 26.2 Å². The molecule has 1 heterocycles. The fraction of sp³-hybridized carbons (Fsp3) is 0.533. The maximum absolute atomic E-state index is 12.1. The minimum Gasteiger partial charge on any atom is -0.325 e. The van der Waals surface area contributed by atoms with Crippen molar-refractivity contribution in [3.63, 3.8) is 0 Å². The molecule has 5 nitrogen and oxygen atoms in total. The van der Waals surface area contributed by atoms with E-state index in [1.807, 2.05) is 0 Å². The molecule has 1 unspecified atom stereocenters. The van der Waals surface area contributed by atoms with Gasteiger partial charge in [-0.2, -0.15) is 0 Å². The molecule has 6 heteroatoms. The van der Waals surface area contributed by atoms with Gasteiger partial charge in [0, 0.05) is 18.0 Å². The van der Waals surface area contributed by atoms with Crippen molar-refractivity contribution in [2.24, 2.45) is 0 Å². The van der Waals surface area contributed by atoms with Crippen LogP contribution in [0.4, 0.5) is 5.69 Å². The highest BCUT2D eigenvalue weighted by Crippen LogP contribution is 2.17. The second-order valence-electron chi connectivity index (χ2n) is 5.66. The molecule has 1 saturated heterocycles. The van der Waals surface area contributed by atoms with E-state index < -0.39 is 9.84 Å². The van der Waals surface area contributed by atoms with Gasteiger partial charge in [-0.1, -0.05) is 12.5 Å². The molecule has 0 aliphatic carbocycles. The number of piperidine rings is 1. The normalized spacial score (nSPS) is 20.2. The highest BCUT2D eigenvalue weighted by atomic mass is 32.2. The van der Waals surface area contributed by atoms with Crippen LogP contribution in [0.2, 0.25) is 0 Å². The maximum Gasteiger partial charge on any atom is 0.238 e. The highest BCUT2D eigenvalue weighted by molar-refractivity contribution is 7.90. The molecule has 1 aliphatic heterocycles. The van der Waals surface area contributed by atoms with Gasteiger partial charge < -0.3 is 5.32 Å². The zero-order chi connectivity index (χ0) is 15.5. The van der Waals surface area contributed by atoms with Crippen LogP contribution in [0.5, 0.6) is 0 Å². The number of carbonyl (C=O) groups excluding carboxylic acids is 1. The fourth-order valence-corrected chi connectivity index (χ4v) is 3.25. The first-order chi connectivity index (χ1) is 9.86. The molecular formula is C15H22N2O3S. The first kappa shape index (κ1) is 16.0. The summed E-state index contributed by atoms with van der Waals surface area (Å²) in [5, 5.41) is 2.78. The van der Waals surface area contributed by atoms with Crippen molar-refractivity contribution in [1.82, 2.24) is 4.90 Å². The van der Waals surface area contributed by atoms with Crippen LogP contribution in [0, 0.1) is 0 Å². The second kappa shape index (κ2) is 6.58. The summed E-state index contributed by atoms with van der Waals surface area (Å²) >= 11 is 0. The van der Waals surface area contributed by atoms with Crippen LogP contribution in [0.25, 0.3) is 0 Å². The van der Waals surface area contributed by atoms with Gasteiger partial charge >= 0.3 is 0 Å². The van der Waals surface area contributed by atoms with Gasteiger partial charge in [-0.3, -0.25) is 9.69 Å². The van der Waals surface area contributed by atoms with E-state index in [9.17, 15) is 13.2 Å². The minimum absolute atomic E-state index is 0.102. The number of benzene rings is 1. The molecule has 0 radical (unpaired) electrons. The molecule has 2 rings (SSSR count). The predicted molar refractivity (Wildman–Crippen MR) is 83.1 cm³/mol. The Balaban J connectivity index is 1.99. The summed E-state index contributed by atoms with van der Waals surface area (Å²) < 4.78 is 23.0. The highest BCUT2D eigenvalue weighted by Gasteiger charge is 2.20. The first-order valence-electron chi connectivity index (χ1n) is 7.20. The van der Waals surface area contributed by atoms with Crippen LogP contribution >= 0.6 is 0 Å². The molecular weight excluding hydrogens is 288 g/mol. The van der Waals surface area contributed by atoms with Crippen molar-refractivity contribution in [3.8, 4) is 0 Å². The first-order valence-corrected chi connectivity index (χ1v) is 9.09. The lowest BCUT2D eigenvalue weighted by Gasteiger charge is -2.32. The van der Waals surface area contributed by atoms with Crippen molar-refractivity contribution in [3.05, 3.63) is 24.3 Å². The average Bonchev–Trinajstić information content (AvgIpc) is 2.41. The molecule has 0 bridgehead atoms. The number of rotatable bonds is 4. The Bertz CT molecular complexity index is 613. The number of nitrogens with one attached hydrogen (secondary N) is 1. The van der Waals surface area contributed by atoms with Crippen molar-refractivity contribution in [2.45, 2.75) is 37.1 Å². The number of hydrogen-bond acceptors (Lipinski definition) is 4. The number of carbonyl (C=O) groups is 1. The number of sulfone groups is 1. The Hall–Kier alpha value is -1.40. The van der Waals surface area contributed by atoms with Gasteiger partial charge in [-0.25, -0.2) is 8.42 Å². The molecule has 0 spiro atoms. The van der Waals surface area contributed by atoms with Gasteiger partial charge in [-0.05, 0) is 44.5 Å². The third-order valence-electron chi connectivity index (χ3n) is 3.83. The van der Waals surface area contributed by atoms with Crippen LogP contribution < -0.4 is 5.32 Å². The quantitative estimate of drug-likeness (QED) is 0.922. The number of amides is 1. The van der Waals surface area contributed by atoms with E-state index >= 15 is 0 Å². The standard InChI is InChI=1S/C15H22N2O3S/c1-12-6-3-4-9-17(12)11-15(18)16-13-7-5-8-14(10-13)21(2,19)20/h5,7-8,10,12H,3-4,6,9,11H2,1-2H3,(H,16,18). The lowest BCUT2D eigenvalue weighted by molar-refractivity contribution is -0.118. The van der Waals surface area contributed by atoms with Gasteiger partial charge in [0.15, 0.2) is 9.84 Å². The molecule has 0 aromatic heterocycles. The monoisotopic (exact) mass is 310 g/mol. The zero-order valence-electron chi connectivity index (χ0n) is 12.5. The average molecular weight is 310 g/mol. The van der Waals surface area contributed by atoms with Crippen LogP contribution in [-0.4, -0.2) is 44.6 Å². The molecule has 21 heavy (non-hydrogen) atoms. The SMILES string of the molecule is CC1CCCCN1CC(=O)Nc1cccc(S(C)(=O)=O)c1. The van der Waals surface area contributed by atoms with E-state index in [1.54, 1.807) is 12.1 Å². The third kappa shape index (κ3) is 4.54. The minimum atomic E-state index is -3.26. The Kier molecular flexibility index (Phi) is 5.00. The van der Waals surface area contributed by atoms with Crippen molar-refractivity contribution < 1.29 is 13.2 Å². The van der Waals surface area contributed by atoms with Crippen molar-refractivity contribution in [1.29, 1.82) is 0 Å². The Labute approximate surface area is 126 Å². The lowest BCUT2D eigenvalue weighted by atomic mass is 10.0. The Morgan fingerprint density at radius 3 is 2.81 bits per heavy atom. The number of anilines is 1. The van der Waals surface area contributed by atoms with Crippen LogP contribution in [-0.2, 0) is 14.6 Å². The smallest absolute Gasteiger partial charge is 0.238 e. The van der Waals surface area contributed by atoms with Gasteiger partial charge in [0.1, 0.15) is 0 Å². The lowest BCUT2D eigenvalue weighted by Crippen LogP contribution is -2.42. The summed E-state index contributed by atoms with van der Waals surface area (Å²) in [6, 6.07) is 6.78. The van der Waals surface area contributed by atoms with Gasteiger partial charge in [-0.15, -0.1) is 0 Å². The fourth-order valence-electron chi connectivity index (χ4n) is 2.58. The predicted octanol–water partition coefficient (Wildman–Crippen LogP) is 1.90. The zero-order valence-corrected chi connectivity index (χ0v) is 13.3. The van der Waals surface area contributed by atoms with Crippen LogP contribution in [0.15, 0.2) is 29.2 Å². The maximum atomic E-state index is 12.1. The van der Waals surface area contributed by atoms with Crippen molar-refractivity contribution >= 4 is 21.4 Å². The summed E-state index contributed by atoms with van der Waals surface area (Å²) in [6.07, 6.45) is 4.62. The van der Waals surface area contributed by atoms with E-state index in [-0.39, 0.29) is 10.8 Å². The Morgan fingerprint density at radius 2 is 2.14 bits per heavy atom. The van der Waals surface area contributed by atoms with Gasteiger partial charge in [0.2, 0.25) is 5.91 Å². The summed E-state index contributed by atoms with van der Waals surface area (Å²) in [5.74, 6) is -0.102. The van der Waals surface area contributed by atoms with E-state index in [0.717, 1.165) is 25.6 Å². The molecule has 1 fully saturated rings. The van der Waals surface area contributed by atoms with Gasteiger partial charge in [0.05, 0.1) is 11.4 Å². The third-order valence-corrected chi connectivity index (χ3v) is 4.94. The Morgan fingerprint density at radius 1 is 1.38 bits per heavy atom. The molecule has 0 saturated carbocycles. The van der Waals surface area contributed by atoms with Gasteiger partial charge in [0.25, 0.3) is 0 Å². The molecule has 1 aliphatic rings. The van der Waals surface area contributed by atoms with E-state index in [4.69, 9.17) is 0 Å². The summed E-state index contributed by atoms with van der Waals surface area (Å²) in [5.41, 5.74) is 0.521. The topological polar surface area (TPSA) is 66.5 Å². The molecule has 1 aromatic rings. The number of nitrogens with zero attached hydrogens (tertiary/aromatic N) is 1. The largest absolute Gasteiger partial charge is 0.325 e. The molecule has 1 atom stereocenters. The number of hydrogen-bond donors (Lipinski definition) is 1. The second-order valence-corrected chi connectivity index (χ2v) is 7.68. The molecule has 1 N–H and O–H groups in total. The van der Waals surface area contributed by atoms with E-state index in [2.05, 4.69) is 17.1 Å².